The lowest BCUT2D eigenvalue weighted by Gasteiger charge is -2.29. The minimum Gasteiger partial charge on any atom is -0.359 e. The zero-order valence-electron chi connectivity index (χ0n) is 15.2. The molecular weight excluding hydrogens is 306 g/mol. The van der Waals surface area contributed by atoms with Crippen molar-refractivity contribution in [2.24, 2.45) is 11.8 Å². The summed E-state index contributed by atoms with van der Waals surface area (Å²) in [6, 6.07) is 1.84. The summed E-state index contributed by atoms with van der Waals surface area (Å²) in [5.41, 5.74) is 0.272. The lowest BCUT2D eigenvalue weighted by molar-refractivity contribution is -0.136. The molecule has 2 rings (SSSR count). The lowest BCUT2D eigenvalue weighted by Crippen LogP contribution is -2.40. The van der Waals surface area contributed by atoms with E-state index < -0.39 is 0 Å². The van der Waals surface area contributed by atoms with Crippen LogP contribution >= 0.6 is 0 Å². The van der Waals surface area contributed by atoms with Gasteiger partial charge in [-0.1, -0.05) is 32.9 Å². The van der Waals surface area contributed by atoms with Crippen molar-refractivity contribution >= 4 is 11.8 Å². The first kappa shape index (κ1) is 18.5. The van der Waals surface area contributed by atoms with Crippen LogP contribution in [0.25, 0.3) is 0 Å². The molecule has 6 heteroatoms. The Balaban J connectivity index is 2.03. The van der Waals surface area contributed by atoms with E-state index in [-0.39, 0.29) is 29.5 Å². The van der Waals surface area contributed by atoms with Gasteiger partial charge in [0, 0.05) is 24.6 Å². The number of carbonyl (C=O) groups excluding carboxylic acids is 2. The van der Waals surface area contributed by atoms with Crippen LogP contribution in [-0.4, -0.2) is 34.5 Å². The summed E-state index contributed by atoms with van der Waals surface area (Å²) in [7, 11) is 0. The van der Waals surface area contributed by atoms with Gasteiger partial charge >= 0.3 is 0 Å². The second-order valence-electron chi connectivity index (χ2n) is 6.99. The van der Waals surface area contributed by atoms with Crippen LogP contribution < -0.4 is 5.32 Å². The van der Waals surface area contributed by atoms with E-state index >= 15 is 0 Å². The number of hydrogen-bond acceptors (Lipinski definition) is 4. The van der Waals surface area contributed by atoms with Crippen LogP contribution in [0.15, 0.2) is 10.6 Å². The van der Waals surface area contributed by atoms with Crippen molar-refractivity contribution in [2.45, 2.75) is 66.0 Å². The molecule has 0 aromatic carbocycles. The van der Waals surface area contributed by atoms with Gasteiger partial charge in [-0.05, 0) is 31.6 Å². The molecule has 134 valence electrons. The molecule has 0 atom stereocenters. The average molecular weight is 335 g/mol. The van der Waals surface area contributed by atoms with Gasteiger partial charge in [-0.2, -0.15) is 0 Å². The van der Waals surface area contributed by atoms with Gasteiger partial charge < -0.3 is 14.7 Å². The third kappa shape index (κ3) is 4.82. The van der Waals surface area contributed by atoms with Crippen LogP contribution in [0.2, 0.25) is 0 Å². The number of aromatic nitrogens is 1. The van der Waals surface area contributed by atoms with Crippen molar-refractivity contribution in [3.8, 4) is 0 Å². The molecule has 1 aliphatic carbocycles. The summed E-state index contributed by atoms with van der Waals surface area (Å²) in [5, 5.41) is 6.67. The highest BCUT2D eigenvalue weighted by molar-refractivity contribution is 5.92. The number of nitrogens with one attached hydrogen (secondary N) is 1. The van der Waals surface area contributed by atoms with E-state index in [1.54, 1.807) is 6.07 Å². The van der Waals surface area contributed by atoms with Crippen LogP contribution in [0.4, 0.5) is 0 Å². The maximum Gasteiger partial charge on any atom is 0.273 e. The zero-order chi connectivity index (χ0) is 17.7. The third-order valence-corrected chi connectivity index (χ3v) is 4.38. The average Bonchev–Trinajstić information content (AvgIpc) is 3.31. The standard InChI is InChI=1S/C18H29N3O3/c1-5-14(6-2)21(18(23)13-7-8-13)11-15-9-16(20-24-15)17(22)19-10-12(3)4/h9,12-14H,5-8,10-11H2,1-4H3,(H,19,22). The Morgan fingerprint density at radius 2 is 2.00 bits per heavy atom. The monoisotopic (exact) mass is 335 g/mol. The van der Waals surface area contributed by atoms with Crippen molar-refractivity contribution in [1.29, 1.82) is 0 Å². The molecule has 0 aliphatic heterocycles. The van der Waals surface area contributed by atoms with E-state index in [0.29, 0.717) is 24.8 Å². The zero-order valence-corrected chi connectivity index (χ0v) is 15.2. The molecule has 1 aliphatic rings. The van der Waals surface area contributed by atoms with Crippen LogP contribution in [0.5, 0.6) is 0 Å². The molecule has 2 amide bonds. The van der Waals surface area contributed by atoms with E-state index in [1.165, 1.54) is 0 Å². The second kappa shape index (κ2) is 8.31. The van der Waals surface area contributed by atoms with Gasteiger partial charge in [-0.15, -0.1) is 0 Å². The Bertz CT molecular complexity index is 560. The quantitative estimate of drug-likeness (QED) is 0.753. The molecule has 0 unspecified atom stereocenters. The molecule has 1 aromatic rings. The Kier molecular flexibility index (Phi) is 6.40. The highest BCUT2D eigenvalue weighted by Gasteiger charge is 2.36. The van der Waals surface area contributed by atoms with Crippen LogP contribution in [0.1, 0.15) is 69.6 Å². The number of rotatable bonds is 9. The van der Waals surface area contributed by atoms with Crippen LogP contribution in [-0.2, 0) is 11.3 Å². The molecular formula is C18H29N3O3. The molecule has 0 saturated heterocycles. The first-order chi connectivity index (χ1) is 11.5. The molecule has 1 N–H and O–H groups in total. The number of carbonyl (C=O) groups is 2. The minimum absolute atomic E-state index is 0.169. The summed E-state index contributed by atoms with van der Waals surface area (Å²) in [4.78, 5) is 26.5. The molecule has 1 heterocycles. The fourth-order valence-corrected chi connectivity index (χ4v) is 2.73. The fraction of sp³-hybridized carbons (Fsp3) is 0.722. The predicted molar refractivity (Wildman–Crippen MR) is 91.3 cm³/mol. The smallest absolute Gasteiger partial charge is 0.273 e. The third-order valence-electron chi connectivity index (χ3n) is 4.38. The lowest BCUT2D eigenvalue weighted by atomic mass is 10.1. The second-order valence-corrected chi connectivity index (χ2v) is 6.99. The number of nitrogens with zero attached hydrogens (tertiary/aromatic N) is 2. The van der Waals surface area contributed by atoms with Crippen molar-refractivity contribution in [3.05, 3.63) is 17.5 Å². The van der Waals surface area contributed by atoms with Gasteiger partial charge in [0.05, 0.1) is 6.54 Å². The van der Waals surface area contributed by atoms with E-state index in [0.717, 1.165) is 25.7 Å². The normalized spacial score (nSPS) is 14.2. The Labute approximate surface area is 143 Å². The van der Waals surface area contributed by atoms with Gasteiger partial charge in [-0.3, -0.25) is 9.59 Å². The van der Waals surface area contributed by atoms with E-state index in [2.05, 4.69) is 24.3 Å². The highest BCUT2D eigenvalue weighted by atomic mass is 16.5. The number of hydrogen-bond donors (Lipinski definition) is 1. The molecule has 0 bridgehead atoms. The largest absolute Gasteiger partial charge is 0.359 e. The van der Waals surface area contributed by atoms with Crippen LogP contribution in [0.3, 0.4) is 0 Å². The van der Waals surface area contributed by atoms with E-state index in [4.69, 9.17) is 4.52 Å². The first-order valence-corrected chi connectivity index (χ1v) is 9.00. The molecule has 0 radical (unpaired) electrons. The fourth-order valence-electron chi connectivity index (χ4n) is 2.73. The summed E-state index contributed by atoms with van der Waals surface area (Å²) in [6.07, 6.45) is 3.78. The Hall–Kier alpha value is -1.85. The van der Waals surface area contributed by atoms with Crippen molar-refractivity contribution in [1.82, 2.24) is 15.4 Å². The molecule has 24 heavy (non-hydrogen) atoms. The topological polar surface area (TPSA) is 75.4 Å². The van der Waals surface area contributed by atoms with Gasteiger partial charge in [-0.25, -0.2) is 0 Å². The SMILES string of the molecule is CCC(CC)N(Cc1cc(C(=O)NCC(C)C)no1)C(=O)C1CC1. The van der Waals surface area contributed by atoms with Crippen molar-refractivity contribution < 1.29 is 14.1 Å². The van der Waals surface area contributed by atoms with Gasteiger partial charge in [0.15, 0.2) is 11.5 Å². The predicted octanol–water partition coefficient (Wildman–Crippen LogP) is 2.99. The molecule has 0 spiro atoms. The summed E-state index contributed by atoms with van der Waals surface area (Å²) in [6.45, 7) is 9.23. The summed E-state index contributed by atoms with van der Waals surface area (Å²) < 4.78 is 5.31. The minimum atomic E-state index is -0.235. The van der Waals surface area contributed by atoms with E-state index in [9.17, 15) is 9.59 Å². The molecule has 1 aromatic heterocycles. The highest BCUT2D eigenvalue weighted by Crippen LogP contribution is 2.33. The molecule has 1 saturated carbocycles. The summed E-state index contributed by atoms with van der Waals surface area (Å²) in [5.74, 6) is 1.07. The van der Waals surface area contributed by atoms with Gasteiger partial charge in [0.1, 0.15) is 0 Å². The first-order valence-electron chi connectivity index (χ1n) is 9.00. The van der Waals surface area contributed by atoms with Gasteiger partial charge in [0.2, 0.25) is 5.91 Å². The number of amides is 2. The van der Waals surface area contributed by atoms with Crippen LogP contribution in [0, 0.1) is 11.8 Å². The Morgan fingerprint density at radius 1 is 1.33 bits per heavy atom. The maximum absolute atomic E-state index is 12.6. The van der Waals surface area contributed by atoms with E-state index in [1.807, 2.05) is 18.7 Å². The molecule has 6 nitrogen and oxygen atoms in total. The maximum atomic E-state index is 12.6. The summed E-state index contributed by atoms with van der Waals surface area (Å²) >= 11 is 0. The van der Waals surface area contributed by atoms with Crippen molar-refractivity contribution in [2.75, 3.05) is 6.54 Å². The molecule has 1 fully saturated rings. The Morgan fingerprint density at radius 3 is 2.54 bits per heavy atom. The van der Waals surface area contributed by atoms with Gasteiger partial charge in [0.25, 0.3) is 5.91 Å². The van der Waals surface area contributed by atoms with Crippen molar-refractivity contribution in [3.63, 3.8) is 0 Å².